The lowest BCUT2D eigenvalue weighted by Crippen LogP contribution is -2.14. The van der Waals surface area contributed by atoms with Crippen LogP contribution in [0.25, 0.3) is 0 Å². The van der Waals surface area contributed by atoms with Gasteiger partial charge in [0.2, 0.25) is 0 Å². The molecule has 22 heavy (non-hydrogen) atoms. The van der Waals surface area contributed by atoms with Crippen LogP contribution in [0.1, 0.15) is 105 Å². The van der Waals surface area contributed by atoms with Gasteiger partial charge in [-0.1, -0.05) is 79.6 Å². The third-order valence-corrected chi connectivity index (χ3v) is 4.07. The molecule has 2 heteroatoms. The molecular weight excluding hydrogens is 272 g/mol. The van der Waals surface area contributed by atoms with Crippen molar-refractivity contribution in [2.45, 2.75) is 105 Å². The van der Waals surface area contributed by atoms with Gasteiger partial charge in [0.25, 0.3) is 0 Å². The number of esters is 1. The van der Waals surface area contributed by atoms with Crippen LogP contribution in [0.5, 0.6) is 0 Å². The molecule has 2 nitrogen and oxygen atoms in total. The maximum Gasteiger partial charge on any atom is 0.305 e. The summed E-state index contributed by atoms with van der Waals surface area (Å²) in [6.45, 7) is 11.9. The Morgan fingerprint density at radius 1 is 0.955 bits per heavy atom. The Hall–Kier alpha value is -0.530. The van der Waals surface area contributed by atoms with Gasteiger partial charge in [-0.3, -0.25) is 4.79 Å². The minimum atomic E-state index is -0.00561. The standard InChI is InChI=1S/C20H40O2/c1-6-7-8-9-10-11-12-13-14-19(21)22-16-15-18(2)17-20(3,4)5/h18H,6-17H2,1-5H3. The van der Waals surface area contributed by atoms with Crippen LogP contribution >= 0.6 is 0 Å². The van der Waals surface area contributed by atoms with E-state index in [0.29, 0.717) is 24.4 Å². The van der Waals surface area contributed by atoms with Gasteiger partial charge in [-0.15, -0.1) is 0 Å². The summed E-state index contributed by atoms with van der Waals surface area (Å²) in [6, 6.07) is 0. The van der Waals surface area contributed by atoms with E-state index in [1.165, 1.54) is 51.4 Å². The predicted octanol–water partition coefficient (Wildman–Crippen LogP) is 6.52. The smallest absolute Gasteiger partial charge is 0.305 e. The Balaban J connectivity index is 3.40. The van der Waals surface area contributed by atoms with Gasteiger partial charge in [0.1, 0.15) is 0 Å². The number of carbonyl (C=O) groups is 1. The number of unbranched alkanes of at least 4 members (excludes halogenated alkanes) is 7. The van der Waals surface area contributed by atoms with E-state index in [9.17, 15) is 4.79 Å². The number of carbonyl (C=O) groups excluding carboxylic acids is 1. The third-order valence-electron chi connectivity index (χ3n) is 4.07. The molecular formula is C20H40O2. The van der Waals surface area contributed by atoms with E-state index >= 15 is 0 Å². The zero-order chi connectivity index (χ0) is 16.8. The molecule has 0 aliphatic rings. The first-order chi connectivity index (χ1) is 10.3. The van der Waals surface area contributed by atoms with Crippen LogP contribution in [0.4, 0.5) is 0 Å². The number of rotatable bonds is 13. The van der Waals surface area contributed by atoms with Crippen molar-refractivity contribution in [3.8, 4) is 0 Å². The summed E-state index contributed by atoms with van der Waals surface area (Å²) in [7, 11) is 0. The Morgan fingerprint density at radius 3 is 2.05 bits per heavy atom. The van der Waals surface area contributed by atoms with Gasteiger partial charge >= 0.3 is 5.97 Å². The van der Waals surface area contributed by atoms with E-state index in [4.69, 9.17) is 4.74 Å². The lowest BCUT2D eigenvalue weighted by atomic mass is 9.84. The largest absolute Gasteiger partial charge is 0.466 e. The van der Waals surface area contributed by atoms with Gasteiger partial charge < -0.3 is 4.74 Å². The molecule has 0 saturated heterocycles. The summed E-state index contributed by atoms with van der Waals surface area (Å²) in [5.74, 6) is 0.616. The van der Waals surface area contributed by atoms with Gasteiger partial charge in [0, 0.05) is 6.42 Å². The van der Waals surface area contributed by atoms with Crippen molar-refractivity contribution in [1.29, 1.82) is 0 Å². The maximum atomic E-state index is 11.7. The van der Waals surface area contributed by atoms with Crippen LogP contribution in [0.15, 0.2) is 0 Å². The second-order valence-electron chi connectivity index (χ2n) is 8.10. The molecule has 0 aliphatic carbocycles. The second kappa shape index (κ2) is 13.0. The van der Waals surface area contributed by atoms with Crippen LogP contribution in [0.2, 0.25) is 0 Å². The molecule has 1 atom stereocenters. The average molecular weight is 313 g/mol. The average Bonchev–Trinajstić information content (AvgIpc) is 2.39. The summed E-state index contributed by atoms with van der Waals surface area (Å²) in [6.07, 6.45) is 12.9. The van der Waals surface area contributed by atoms with E-state index in [1.54, 1.807) is 0 Å². The first-order valence-corrected chi connectivity index (χ1v) is 9.50. The summed E-state index contributed by atoms with van der Waals surface area (Å²) in [5.41, 5.74) is 0.362. The molecule has 0 aliphatic heterocycles. The van der Waals surface area contributed by atoms with E-state index in [-0.39, 0.29) is 5.97 Å². The summed E-state index contributed by atoms with van der Waals surface area (Å²) in [4.78, 5) is 11.7. The molecule has 0 aromatic carbocycles. The zero-order valence-electron chi connectivity index (χ0n) is 15.9. The molecule has 0 rings (SSSR count). The number of hydrogen-bond donors (Lipinski definition) is 0. The van der Waals surface area contributed by atoms with Gasteiger partial charge in [-0.05, 0) is 30.6 Å². The molecule has 0 bridgehead atoms. The van der Waals surface area contributed by atoms with Crippen LogP contribution < -0.4 is 0 Å². The molecule has 0 heterocycles. The molecule has 0 spiro atoms. The minimum Gasteiger partial charge on any atom is -0.466 e. The van der Waals surface area contributed by atoms with Crippen LogP contribution in [0, 0.1) is 11.3 Å². The van der Waals surface area contributed by atoms with Crippen molar-refractivity contribution in [3.63, 3.8) is 0 Å². The van der Waals surface area contributed by atoms with Crippen molar-refractivity contribution in [2.24, 2.45) is 11.3 Å². The predicted molar refractivity (Wildman–Crippen MR) is 96.0 cm³/mol. The normalized spacial score (nSPS) is 13.1. The lowest BCUT2D eigenvalue weighted by Gasteiger charge is -2.22. The van der Waals surface area contributed by atoms with E-state index in [2.05, 4.69) is 34.6 Å². The Bertz CT molecular complexity index is 265. The Labute approximate surface area is 139 Å². The molecule has 0 amide bonds. The summed E-state index contributed by atoms with van der Waals surface area (Å²) >= 11 is 0. The van der Waals surface area contributed by atoms with Crippen LogP contribution in [-0.2, 0) is 9.53 Å². The van der Waals surface area contributed by atoms with Crippen molar-refractivity contribution in [2.75, 3.05) is 6.61 Å². The zero-order valence-corrected chi connectivity index (χ0v) is 15.9. The van der Waals surface area contributed by atoms with Gasteiger partial charge in [0.15, 0.2) is 0 Å². The van der Waals surface area contributed by atoms with Crippen LogP contribution in [0.3, 0.4) is 0 Å². The second-order valence-corrected chi connectivity index (χ2v) is 8.10. The Morgan fingerprint density at radius 2 is 1.50 bits per heavy atom. The molecule has 0 aromatic rings. The number of hydrogen-bond acceptors (Lipinski definition) is 2. The quantitative estimate of drug-likeness (QED) is 0.286. The fraction of sp³-hybridized carbons (Fsp3) is 0.950. The third kappa shape index (κ3) is 15.9. The van der Waals surface area contributed by atoms with Gasteiger partial charge in [-0.25, -0.2) is 0 Å². The van der Waals surface area contributed by atoms with Crippen molar-refractivity contribution < 1.29 is 9.53 Å². The van der Waals surface area contributed by atoms with Crippen molar-refractivity contribution >= 4 is 5.97 Å². The molecule has 0 radical (unpaired) electrons. The number of ether oxygens (including phenoxy) is 1. The molecule has 0 N–H and O–H groups in total. The molecule has 0 saturated carbocycles. The van der Waals surface area contributed by atoms with E-state index in [0.717, 1.165) is 12.8 Å². The van der Waals surface area contributed by atoms with E-state index in [1.807, 2.05) is 0 Å². The molecule has 0 fully saturated rings. The van der Waals surface area contributed by atoms with Gasteiger partial charge in [0.05, 0.1) is 6.61 Å². The fourth-order valence-corrected chi connectivity index (χ4v) is 3.00. The lowest BCUT2D eigenvalue weighted by molar-refractivity contribution is -0.144. The first kappa shape index (κ1) is 21.5. The summed E-state index contributed by atoms with van der Waals surface area (Å²) < 4.78 is 5.35. The van der Waals surface area contributed by atoms with Gasteiger partial charge in [-0.2, -0.15) is 0 Å². The molecule has 0 aromatic heterocycles. The minimum absolute atomic E-state index is 0.00561. The maximum absolute atomic E-state index is 11.7. The van der Waals surface area contributed by atoms with E-state index < -0.39 is 0 Å². The van der Waals surface area contributed by atoms with Crippen LogP contribution in [-0.4, -0.2) is 12.6 Å². The van der Waals surface area contributed by atoms with Crippen molar-refractivity contribution in [1.82, 2.24) is 0 Å². The summed E-state index contributed by atoms with van der Waals surface area (Å²) in [5, 5.41) is 0. The highest BCUT2D eigenvalue weighted by atomic mass is 16.5. The molecule has 132 valence electrons. The highest BCUT2D eigenvalue weighted by Gasteiger charge is 2.15. The topological polar surface area (TPSA) is 26.3 Å². The molecule has 1 unspecified atom stereocenters. The highest BCUT2D eigenvalue weighted by molar-refractivity contribution is 5.69. The highest BCUT2D eigenvalue weighted by Crippen LogP contribution is 2.25. The monoisotopic (exact) mass is 312 g/mol. The SMILES string of the molecule is CCCCCCCCCCC(=O)OCCC(C)CC(C)(C)C. The fourth-order valence-electron chi connectivity index (χ4n) is 3.00. The first-order valence-electron chi connectivity index (χ1n) is 9.50. The Kier molecular flexibility index (Phi) is 12.6. The van der Waals surface area contributed by atoms with Crippen molar-refractivity contribution in [3.05, 3.63) is 0 Å².